The van der Waals surface area contributed by atoms with E-state index in [1.807, 2.05) is 0 Å². The fourth-order valence-corrected chi connectivity index (χ4v) is 3.62. The molecule has 1 saturated heterocycles. The van der Waals surface area contributed by atoms with Gasteiger partial charge in [-0.1, -0.05) is 32.1 Å². The molecule has 0 radical (unpaired) electrons. The first-order valence-electron chi connectivity index (χ1n) is 8.35. The zero-order chi connectivity index (χ0) is 15.1. The van der Waals surface area contributed by atoms with E-state index in [2.05, 4.69) is 16.3 Å². The molecule has 1 heterocycles. The Morgan fingerprint density at radius 2 is 1.95 bits per heavy atom. The van der Waals surface area contributed by atoms with Crippen LogP contribution < -0.4 is 11.1 Å². The highest BCUT2D eigenvalue weighted by Gasteiger charge is 2.33. The Kier molecular flexibility index (Phi) is 6.01. The summed E-state index contributed by atoms with van der Waals surface area (Å²) in [6, 6.07) is 2.69. The van der Waals surface area contributed by atoms with Crippen LogP contribution in [-0.2, 0) is 4.79 Å². The molecule has 1 unspecified atom stereocenters. The number of nitrogens with two attached hydrogens (primary N) is 1. The molecule has 0 aromatic carbocycles. The first-order valence-corrected chi connectivity index (χ1v) is 8.35. The molecule has 3 N–H and O–H groups in total. The summed E-state index contributed by atoms with van der Waals surface area (Å²) in [6.07, 6.45) is 9.38. The van der Waals surface area contributed by atoms with Gasteiger partial charge in [0.1, 0.15) is 5.54 Å². The molecule has 2 fully saturated rings. The Balaban J connectivity index is 1.91. The lowest BCUT2D eigenvalue weighted by atomic mass is 9.92. The zero-order valence-corrected chi connectivity index (χ0v) is 12.9. The van der Waals surface area contributed by atoms with Crippen molar-refractivity contribution < 1.29 is 4.79 Å². The van der Waals surface area contributed by atoms with Gasteiger partial charge < -0.3 is 11.1 Å². The smallest absolute Gasteiger partial charge is 0.235 e. The summed E-state index contributed by atoms with van der Waals surface area (Å²) >= 11 is 0. The van der Waals surface area contributed by atoms with Crippen LogP contribution in [0.15, 0.2) is 0 Å². The van der Waals surface area contributed by atoms with Crippen molar-refractivity contribution in [3.05, 3.63) is 0 Å². The highest BCUT2D eigenvalue weighted by Crippen LogP contribution is 2.26. The SMILES string of the molecule is N#CC1(NC(=O)CN2CCCCC2CN)CCCCCC1. The Bertz CT molecular complexity index is 382. The summed E-state index contributed by atoms with van der Waals surface area (Å²) in [6.45, 7) is 1.93. The standard InChI is InChI=1S/C16H28N4O/c17-11-14-7-3-6-10-20(14)12-15(21)19-16(13-18)8-4-1-2-5-9-16/h14H,1-12,17H2,(H,19,21). The molecule has 5 heteroatoms. The van der Waals surface area contributed by atoms with Crippen LogP contribution in [0.5, 0.6) is 0 Å². The number of amides is 1. The molecule has 21 heavy (non-hydrogen) atoms. The number of carbonyl (C=O) groups is 1. The number of carbonyl (C=O) groups excluding carboxylic acids is 1. The summed E-state index contributed by atoms with van der Waals surface area (Å²) in [4.78, 5) is 14.6. The van der Waals surface area contributed by atoms with Crippen molar-refractivity contribution in [1.29, 1.82) is 5.26 Å². The second-order valence-electron chi connectivity index (χ2n) is 6.51. The van der Waals surface area contributed by atoms with Crippen LogP contribution in [0.25, 0.3) is 0 Å². The van der Waals surface area contributed by atoms with E-state index in [4.69, 9.17) is 5.73 Å². The quantitative estimate of drug-likeness (QED) is 0.770. The van der Waals surface area contributed by atoms with Crippen LogP contribution in [0.2, 0.25) is 0 Å². The number of hydrogen-bond donors (Lipinski definition) is 2. The van der Waals surface area contributed by atoms with E-state index in [0.717, 1.165) is 45.1 Å². The topological polar surface area (TPSA) is 82.2 Å². The monoisotopic (exact) mass is 292 g/mol. The van der Waals surface area contributed by atoms with E-state index in [1.54, 1.807) is 0 Å². The molecule has 1 aliphatic carbocycles. The predicted octanol–water partition coefficient (Wildman–Crippen LogP) is 1.53. The lowest BCUT2D eigenvalue weighted by molar-refractivity contribution is -0.124. The van der Waals surface area contributed by atoms with E-state index < -0.39 is 5.54 Å². The van der Waals surface area contributed by atoms with Gasteiger partial charge in [0.05, 0.1) is 12.6 Å². The highest BCUT2D eigenvalue weighted by molar-refractivity contribution is 5.79. The molecule has 1 amide bonds. The predicted molar refractivity (Wildman–Crippen MR) is 82.5 cm³/mol. The van der Waals surface area contributed by atoms with Crippen LogP contribution in [0.1, 0.15) is 57.8 Å². The van der Waals surface area contributed by atoms with Crippen LogP contribution in [0.3, 0.4) is 0 Å². The molecule has 0 bridgehead atoms. The fraction of sp³-hybridized carbons (Fsp3) is 0.875. The number of piperidine rings is 1. The molecular formula is C16H28N4O. The number of nitrogens with one attached hydrogen (secondary N) is 1. The van der Waals surface area contributed by atoms with E-state index >= 15 is 0 Å². The lowest BCUT2D eigenvalue weighted by Gasteiger charge is -2.35. The average molecular weight is 292 g/mol. The summed E-state index contributed by atoms with van der Waals surface area (Å²) in [5.41, 5.74) is 5.16. The van der Waals surface area contributed by atoms with E-state index in [0.29, 0.717) is 19.1 Å². The van der Waals surface area contributed by atoms with Gasteiger partial charge in [0.2, 0.25) is 5.91 Å². The van der Waals surface area contributed by atoms with Gasteiger partial charge in [0.15, 0.2) is 0 Å². The molecule has 1 aliphatic heterocycles. The van der Waals surface area contributed by atoms with Gasteiger partial charge in [-0.15, -0.1) is 0 Å². The van der Waals surface area contributed by atoms with Crippen LogP contribution in [0, 0.1) is 11.3 Å². The van der Waals surface area contributed by atoms with E-state index in [1.165, 1.54) is 19.3 Å². The molecule has 0 spiro atoms. The van der Waals surface area contributed by atoms with Crippen LogP contribution in [0.4, 0.5) is 0 Å². The maximum absolute atomic E-state index is 12.4. The van der Waals surface area contributed by atoms with Crippen molar-refractivity contribution in [3.8, 4) is 6.07 Å². The third kappa shape index (κ3) is 4.42. The summed E-state index contributed by atoms with van der Waals surface area (Å²) in [5.74, 6) is -0.0150. The molecule has 0 aromatic rings. The number of rotatable bonds is 4. The van der Waals surface area contributed by atoms with Crippen LogP contribution >= 0.6 is 0 Å². The molecule has 5 nitrogen and oxygen atoms in total. The minimum Gasteiger partial charge on any atom is -0.337 e. The third-order valence-electron chi connectivity index (χ3n) is 4.92. The second kappa shape index (κ2) is 7.77. The van der Waals surface area contributed by atoms with Gasteiger partial charge in [0, 0.05) is 12.6 Å². The molecule has 118 valence electrons. The summed E-state index contributed by atoms with van der Waals surface area (Å²) < 4.78 is 0. The highest BCUT2D eigenvalue weighted by atomic mass is 16.2. The minimum absolute atomic E-state index is 0.0150. The van der Waals surface area contributed by atoms with Gasteiger partial charge >= 0.3 is 0 Å². The van der Waals surface area contributed by atoms with Gasteiger partial charge in [-0.2, -0.15) is 5.26 Å². The van der Waals surface area contributed by atoms with Crippen molar-refractivity contribution in [2.45, 2.75) is 69.4 Å². The number of nitrogens with zero attached hydrogens (tertiary/aromatic N) is 2. The third-order valence-corrected chi connectivity index (χ3v) is 4.92. The lowest BCUT2D eigenvalue weighted by Crippen LogP contribution is -2.53. The maximum Gasteiger partial charge on any atom is 0.235 e. The van der Waals surface area contributed by atoms with Gasteiger partial charge in [-0.3, -0.25) is 9.69 Å². The number of likely N-dealkylation sites (tertiary alicyclic amines) is 1. The van der Waals surface area contributed by atoms with Crippen LogP contribution in [-0.4, -0.2) is 42.0 Å². The van der Waals surface area contributed by atoms with E-state index in [9.17, 15) is 10.1 Å². The molecule has 2 aliphatic rings. The average Bonchev–Trinajstić information content (AvgIpc) is 2.74. The van der Waals surface area contributed by atoms with Gasteiger partial charge in [-0.25, -0.2) is 0 Å². The first-order chi connectivity index (χ1) is 10.2. The Hall–Kier alpha value is -1.12. The Labute approximate surface area is 127 Å². The maximum atomic E-state index is 12.4. The van der Waals surface area contributed by atoms with Crippen molar-refractivity contribution in [1.82, 2.24) is 10.2 Å². The van der Waals surface area contributed by atoms with Crippen molar-refractivity contribution in [3.63, 3.8) is 0 Å². The largest absolute Gasteiger partial charge is 0.337 e. The fourth-order valence-electron chi connectivity index (χ4n) is 3.62. The van der Waals surface area contributed by atoms with Crippen molar-refractivity contribution in [2.75, 3.05) is 19.6 Å². The number of hydrogen-bond acceptors (Lipinski definition) is 4. The Morgan fingerprint density at radius 1 is 1.24 bits per heavy atom. The number of nitriles is 1. The van der Waals surface area contributed by atoms with Gasteiger partial charge in [0.25, 0.3) is 0 Å². The Morgan fingerprint density at radius 3 is 2.57 bits per heavy atom. The summed E-state index contributed by atoms with van der Waals surface area (Å²) in [7, 11) is 0. The molecular weight excluding hydrogens is 264 g/mol. The summed E-state index contributed by atoms with van der Waals surface area (Å²) in [5, 5.41) is 12.6. The normalized spacial score (nSPS) is 26.6. The second-order valence-corrected chi connectivity index (χ2v) is 6.51. The molecule has 1 saturated carbocycles. The molecule has 0 aromatic heterocycles. The van der Waals surface area contributed by atoms with Crippen molar-refractivity contribution in [2.24, 2.45) is 5.73 Å². The van der Waals surface area contributed by atoms with Gasteiger partial charge in [-0.05, 0) is 32.2 Å². The van der Waals surface area contributed by atoms with E-state index in [-0.39, 0.29) is 5.91 Å². The first kappa shape index (κ1) is 16.3. The zero-order valence-electron chi connectivity index (χ0n) is 12.9. The molecule has 1 atom stereocenters. The molecule has 2 rings (SSSR count). The van der Waals surface area contributed by atoms with Crippen molar-refractivity contribution >= 4 is 5.91 Å². The minimum atomic E-state index is -0.637.